The quantitative estimate of drug-likeness (QED) is 0.783. The van der Waals surface area contributed by atoms with E-state index in [2.05, 4.69) is 6.92 Å². The van der Waals surface area contributed by atoms with Crippen molar-refractivity contribution in [2.45, 2.75) is 58.5 Å². The van der Waals surface area contributed by atoms with Crippen LogP contribution < -0.4 is 0 Å². The summed E-state index contributed by atoms with van der Waals surface area (Å²) in [5, 5.41) is 18.4. The lowest BCUT2D eigenvalue weighted by molar-refractivity contribution is -0.144. The van der Waals surface area contributed by atoms with Crippen LogP contribution in [0.2, 0.25) is 0 Å². The Hall–Kier alpha value is -1.30. The number of nitrogens with zero attached hydrogens (tertiary/aromatic N) is 2. The second kappa shape index (κ2) is 8.22. The van der Waals surface area contributed by atoms with E-state index in [1.807, 2.05) is 13.8 Å². The van der Waals surface area contributed by atoms with E-state index in [1.54, 1.807) is 4.90 Å². The lowest BCUT2D eigenvalue weighted by Gasteiger charge is -2.40. The van der Waals surface area contributed by atoms with Crippen molar-refractivity contribution in [2.75, 3.05) is 19.7 Å². The molecule has 6 nitrogen and oxygen atoms in total. The lowest BCUT2D eigenvalue weighted by Crippen LogP contribution is -2.56. The third-order valence-electron chi connectivity index (χ3n) is 4.25. The summed E-state index contributed by atoms with van der Waals surface area (Å²) in [6.45, 7) is 6.84. The molecule has 0 radical (unpaired) electrons. The van der Waals surface area contributed by atoms with E-state index in [0.29, 0.717) is 31.8 Å². The number of carboxylic acids is 1. The highest BCUT2D eigenvalue weighted by atomic mass is 16.4. The molecule has 0 aromatic heterocycles. The molecule has 0 aromatic carbocycles. The van der Waals surface area contributed by atoms with Crippen molar-refractivity contribution in [3.05, 3.63) is 0 Å². The normalized spacial score (nSPS) is 22.4. The predicted octanol–water partition coefficient (Wildman–Crippen LogP) is 1.77. The van der Waals surface area contributed by atoms with E-state index in [-0.39, 0.29) is 18.7 Å². The second-order valence-corrected chi connectivity index (χ2v) is 5.99. The van der Waals surface area contributed by atoms with E-state index in [1.165, 1.54) is 4.90 Å². The molecule has 1 aliphatic heterocycles. The predicted molar refractivity (Wildman–Crippen MR) is 80.1 cm³/mol. The summed E-state index contributed by atoms with van der Waals surface area (Å²) >= 11 is 0. The molecule has 2 amide bonds. The van der Waals surface area contributed by atoms with Gasteiger partial charge in [-0.3, -0.25) is 0 Å². The van der Waals surface area contributed by atoms with Crippen molar-refractivity contribution in [1.29, 1.82) is 0 Å². The maximum atomic E-state index is 12.7. The molecule has 1 fully saturated rings. The van der Waals surface area contributed by atoms with Crippen molar-refractivity contribution in [3.63, 3.8) is 0 Å². The van der Waals surface area contributed by atoms with Crippen LogP contribution in [0.25, 0.3) is 0 Å². The van der Waals surface area contributed by atoms with Crippen LogP contribution in [0.4, 0.5) is 4.79 Å². The molecule has 2 unspecified atom stereocenters. The van der Waals surface area contributed by atoms with Crippen LogP contribution in [0.15, 0.2) is 0 Å². The highest BCUT2D eigenvalue weighted by molar-refractivity contribution is 5.83. The Morgan fingerprint density at radius 2 is 2.05 bits per heavy atom. The van der Waals surface area contributed by atoms with Crippen LogP contribution in [-0.2, 0) is 4.79 Å². The average Bonchev–Trinajstić information content (AvgIpc) is 2.46. The summed E-state index contributed by atoms with van der Waals surface area (Å²) in [5.41, 5.74) is 0. The highest BCUT2D eigenvalue weighted by Gasteiger charge is 2.37. The molecule has 1 rings (SSSR count). The number of aliphatic hydroxyl groups is 1. The van der Waals surface area contributed by atoms with E-state index < -0.39 is 12.0 Å². The Morgan fingerprint density at radius 1 is 1.38 bits per heavy atom. The Labute approximate surface area is 126 Å². The van der Waals surface area contributed by atoms with Crippen LogP contribution in [-0.4, -0.2) is 63.8 Å². The Bertz CT molecular complexity index is 360. The summed E-state index contributed by atoms with van der Waals surface area (Å²) in [5.74, 6) is -0.549. The molecule has 2 atom stereocenters. The van der Waals surface area contributed by atoms with Crippen LogP contribution in [0.5, 0.6) is 0 Å². The number of rotatable bonds is 6. The lowest BCUT2D eigenvalue weighted by atomic mass is 9.89. The van der Waals surface area contributed by atoms with Gasteiger partial charge in [-0.05, 0) is 39.0 Å². The van der Waals surface area contributed by atoms with Gasteiger partial charge in [0.15, 0.2) is 0 Å². The molecule has 1 heterocycles. The van der Waals surface area contributed by atoms with Gasteiger partial charge in [0, 0.05) is 25.7 Å². The Morgan fingerprint density at radius 3 is 2.52 bits per heavy atom. The van der Waals surface area contributed by atoms with Crippen molar-refractivity contribution in [2.24, 2.45) is 5.92 Å². The molecular formula is C15H28N2O4. The molecule has 122 valence electrons. The fraction of sp³-hybridized carbons (Fsp3) is 0.867. The van der Waals surface area contributed by atoms with Crippen LogP contribution in [0.3, 0.4) is 0 Å². The average molecular weight is 300 g/mol. The zero-order valence-corrected chi connectivity index (χ0v) is 13.3. The highest BCUT2D eigenvalue weighted by Crippen LogP contribution is 2.27. The molecule has 2 N–H and O–H groups in total. The summed E-state index contributed by atoms with van der Waals surface area (Å²) in [6, 6.07) is -0.964. The summed E-state index contributed by atoms with van der Waals surface area (Å²) in [6.07, 6.45) is 2.85. The standard InChI is InChI=1S/C15H28N2O4/c1-4-12-6-8-17(13(10-12)14(19)20)15(21)16(11(2)3)7-5-9-18/h11-13,18H,4-10H2,1-3H3,(H,19,20). The van der Waals surface area contributed by atoms with Gasteiger partial charge in [0.1, 0.15) is 6.04 Å². The van der Waals surface area contributed by atoms with Crippen LogP contribution in [0.1, 0.15) is 46.5 Å². The second-order valence-electron chi connectivity index (χ2n) is 5.99. The van der Waals surface area contributed by atoms with Gasteiger partial charge in [-0.25, -0.2) is 9.59 Å². The van der Waals surface area contributed by atoms with Crippen LogP contribution >= 0.6 is 0 Å². The first-order valence-corrected chi connectivity index (χ1v) is 7.83. The van der Waals surface area contributed by atoms with E-state index in [9.17, 15) is 14.7 Å². The fourth-order valence-electron chi connectivity index (χ4n) is 2.85. The van der Waals surface area contributed by atoms with Crippen molar-refractivity contribution in [3.8, 4) is 0 Å². The SMILES string of the molecule is CCC1CCN(C(=O)N(CCCO)C(C)C)C(C(=O)O)C1. The van der Waals surface area contributed by atoms with Gasteiger partial charge in [-0.2, -0.15) is 0 Å². The number of hydrogen-bond acceptors (Lipinski definition) is 3. The van der Waals surface area contributed by atoms with E-state index in [4.69, 9.17) is 5.11 Å². The molecule has 6 heteroatoms. The van der Waals surface area contributed by atoms with Gasteiger partial charge in [-0.1, -0.05) is 13.3 Å². The zero-order chi connectivity index (χ0) is 16.0. The molecule has 0 aliphatic carbocycles. The first kappa shape index (κ1) is 17.8. The third kappa shape index (κ3) is 4.59. The molecule has 21 heavy (non-hydrogen) atoms. The topological polar surface area (TPSA) is 81.1 Å². The Balaban J connectivity index is 2.83. The number of carbonyl (C=O) groups is 2. The van der Waals surface area contributed by atoms with Gasteiger partial charge in [-0.15, -0.1) is 0 Å². The monoisotopic (exact) mass is 300 g/mol. The summed E-state index contributed by atoms with van der Waals surface area (Å²) in [4.78, 5) is 27.3. The molecule has 0 saturated carbocycles. The number of piperidine rings is 1. The number of carboxylic acid groups (broad SMARTS) is 1. The number of likely N-dealkylation sites (tertiary alicyclic amines) is 1. The number of aliphatic carboxylic acids is 1. The number of aliphatic hydroxyl groups excluding tert-OH is 1. The molecule has 1 aliphatic rings. The maximum Gasteiger partial charge on any atom is 0.326 e. The first-order chi connectivity index (χ1) is 9.92. The third-order valence-corrected chi connectivity index (χ3v) is 4.25. The van der Waals surface area contributed by atoms with Crippen LogP contribution in [0, 0.1) is 5.92 Å². The van der Waals surface area contributed by atoms with E-state index >= 15 is 0 Å². The molecule has 0 bridgehead atoms. The number of urea groups is 1. The number of carbonyl (C=O) groups excluding carboxylic acids is 1. The van der Waals surface area contributed by atoms with Gasteiger partial charge in [0.2, 0.25) is 0 Å². The minimum Gasteiger partial charge on any atom is -0.480 e. The summed E-state index contributed by atoms with van der Waals surface area (Å²) in [7, 11) is 0. The summed E-state index contributed by atoms with van der Waals surface area (Å²) < 4.78 is 0. The van der Waals surface area contributed by atoms with Gasteiger partial charge < -0.3 is 20.0 Å². The maximum absolute atomic E-state index is 12.7. The zero-order valence-electron chi connectivity index (χ0n) is 13.3. The van der Waals surface area contributed by atoms with Crippen molar-refractivity contribution in [1.82, 2.24) is 9.80 Å². The number of hydrogen-bond donors (Lipinski definition) is 2. The van der Waals surface area contributed by atoms with Crippen molar-refractivity contribution >= 4 is 12.0 Å². The largest absolute Gasteiger partial charge is 0.480 e. The fourth-order valence-corrected chi connectivity index (χ4v) is 2.85. The minimum absolute atomic E-state index is 0.0117. The van der Waals surface area contributed by atoms with E-state index in [0.717, 1.165) is 12.8 Å². The van der Waals surface area contributed by atoms with Crippen molar-refractivity contribution < 1.29 is 19.8 Å². The Kier molecular flexibility index (Phi) is 6.95. The molecule has 0 spiro atoms. The smallest absolute Gasteiger partial charge is 0.326 e. The first-order valence-electron chi connectivity index (χ1n) is 7.83. The van der Waals surface area contributed by atoms with Gasteiger partial charge >= 0.3 is 12.0 Å². The minimum atomic E-state index is -0.924. The number of amides is 2. The molecular weight excluding hydrogens is 272 g/mol. The molecule has 1 saturated heterocycles. The molecule has 0 aromatic rings. The van der Waals surface area contributed by atoms with Gasteiger partial charge in [0.25, 0.3) is 0 Å². The van der Waals surface area contributed by atoms with Gasteiger partial charge in [0.05, 0.1) is 0 Å².